The third-order valence-electron chi connectivity index (χ3n) is 2.62. The predicted molar refractivity (Wildman–Crippen MR) is 64.6 cm³/mol. The van der Waals surface area contributed by atoms with Crippen LogP contribution in [-0.4, -0.2) is 47.3 Å². The number of nitrogens with one attached hydrogen (secondary N) is 2. The molecule has 0 aromatic rings. The Morgan fingerprint density at radius 3 is 2.83 bits per heavy atom. The number of fused-ring (bicyclic) bond motifs is 1. The molecule has 18 heavy (non-hydrogen) atoms. The number of amides is 2. The van der Waals surface area contributed by atoms with E-state index in [0.717, 1.165) is 0 Å². The summed E-state index contributed by atoms with van der Waals surface area (Å²) in [4.78, 5) is 28.9. The molecule has 1 unspecified atom stereocenters. The van der Waals surface area contributed by atoms with Gasteiger partial charge in [0, 0.05) is 6.54 Å². The average molecular weight is 252 g/mol. The molecule has 7 nitrogen and oxygen atoms in total. The summed E-state index contributed by atoms with van der Waals surface area (Å²) in [7, 11) is 0. The molecule has 2 rings (SSSR count). The van der Waals surface area contributed by atoms with Crippen molar-refractivity contribution >= 4 is 23.7 Å². The molecule has 2 amide bonds. The summed E-state index contributed by atoms with van der Waals surface area (Å²) in [6, 6.07) is 0. The molecule has 1 saturated heterocycles. The first-order valence-electron chi connectivity index (χ1n) is 5.71. The van der Waals surface area contributed by atoms with Gasteiger partial charge in [-0.1, -0.05) is 0 Å². The first-order valence-corrected chi connectivity index (χ1v) is 5.71. The van der Waals surface area contributed by atoms with E-state index in [9.17, 15) is 9.59 Å². The van der Waals surface area contributed by atoms with Gasteiger partial charge in [0.05, 0.1) is 18.2 Å². The number of hydrogen-bond acceptors (Lipinski definition) is 4. The van der Waals surface area contributed by atoms with Gasteiger partial charge in [-0.3, -0.25) is 15.5 Å². The van der Waals surface area contributed by atoms with Crippen molar-refractivity contribution in [2.24, 2.45) is 10.9 Å². The van der Waals surface area contributed by atoms with Gasteiger partial charge in [0.25, 0.3) is 0 Å². The molecular formula is C11H16N4O3. The van der Waals surface area contributed by atoms with Crippen LogP contribution in [0.1, 0.15) is 20.8 Å². The zero-order chi connectivity index (χ0) is 13.5. The lowest BCUT2D eigenvalue weighted by Gasteiger charge is -2.23. The Hall–Kier alpha value is -1.92. The molecule has 0 bridgehead atoms. The van der Waals surface area contributed by atoms with Crippen molar-refractivity contribution in [3.63, 3.8) is 0 Å². The smallest absolute Gasteiger partial charge is 0.410 e. The van der Waals surface area contributed by atoms with Crippen LogP contribution in [0.15, 0.2) is 4.99 Å². The molecule has 0 spiro atoms. The number of hydrogen-bond donors (Lipinski definition) is 2. The van der Waals surface area contributed by atoms with E-state index in [0.29, 0.717) is 5.71 Å². The van der Waals surface area contributed by atoms with Crippen LogP contribution >= 0.6 is 0 Å². The normalized spacial score (nSPS) is 23.4. The number of carbonyl (C=O) groups is 2. The summed E-state index contributed by atoms with van der Waals surface area (Å²) in [6.07, 6.45) is -0.459. The molecule has 1 fully saturated rings. The fourth-order valence-corrected chi connectivity index (χ4v) is 1.88. The SMILES string of the molecule is CC(C)(C)OC(=O)N1CC2=NC(=N)NC(=O)C2C1. The van der Waals surface area contributed by atoms with E-state index in [2.05, 4.69) is 10.3 Å². The highest BCUT2D eigenvalue weighted by molar-refractivity contribution is 6.19. The maximum absolute atomic E-state index is 11.9. The molecule has 98 valence electrons. The summed E-state index contributed by atoms with van der Waals surface area (Å²) in [5.74, 6) is -0.903. The van der Waals surface area contributed by atoms with Crippen molar-refractivity contribution in [3.8, 4) is 0 Å². The molecule has 2 aliphatic rings. The predicted octanol–water partition coefficient (Wildman–Crippen LogP) is 0.359. The van der Waals surface area contributed by atoms with E-state index < -0.39 is 17.6 Å². The Morgan fingerprint density at radius 2 is 2.22 bits per heavy atom. The summed E-state index contributed by atoms with van der Waals surface area (Å²) in [6.45, 7) is 5.86. The minimum Gasteiger partial charge on any atom is -0.444 e. The molecule has 2 N–H and O–H groups in total. The van der Waals surface area contributed by atoms with Gasteiger partial charge >= 0.3 is 6.09 Å². The quantitative estimate of drug-likeness (QED) is 0.651. The number of likely N-dealkylation sites (tertiary alicyclic amines) is 1. The number of aliphatic imine (C=N–C) groups is 1. The lowest BCUT2D eigenvalue weighted by Crippen LogP contribution is -2.43. The van der Waals surface area contributed by atoms with Crippen molar-refractivity contribution in [2.75, 3.05) is 13.1 Å². The van der Waals surface area contributed by atoms with Gasteiger partial charge in [0.15, 0.2) is 0 Å². The Bertz CT molecular complexity index is 450. The van der Waals surface area contributed by atoms with Crippen LogP contribution < -0.4 is 5.32 Å². The molecule has 1 atom stereocenters. The van der Waals surface area contributed by atoms with Crippen molar-refractivity contribution < 1.29 is 14.3 Å². The van der Waals surface area contributed by atoms with Crippen molar-refractivity contribution in [1.82, 2.24) is 10.2 Å². The van der Waals surface area contributed by atoms with Crippen LogP contribution in [0.2, 0.25) is 0 Å². The van der Waals surface area contributed by atoms with Crippen LogP contribution in [0.25, 0.3) is 0 Å². The van der Waals surface area contributed by atoms with E-state index >= 15 is 0 Å². The first-order chi connectivity index (χ1) is 8.26. The van der Waals surface area contributed by atoms with Gasteiger partial charge in [-0.2, -0.15) is 0 Å². The summed E-state index contributed by atoms with van der Waals surface area (Å²) >= 11 is 0. The van der Waals surface area contributed by atoms with Crippen molar-refractivity contribution in [2.45, 2.75) is 26.4 Å². The zero-order valence-corrected chi connectivity index (χ0v) is 10.6. The minimum absolute atomic E-state index is 0.169. The third-order valence-corrected chi connectivity index (χ3v) is 2.62. The minimum atomic E-state index is -0.568. The number of ether oxygens (including phenoxy) is 1. The van der Waals surface area contributed by atoms with Crippen molar-refractivity contribution in [1.29, 1.82) is 5.41 Å². The molecule has 2 heterocycles. The summed E-state index contributed by atoms with van der Waals surface area (Å²) in [5, 5.41) is 9.67. The fourth-order valence-electron chi connectivity index (χ4n) is 1.88. The van der Waals surface area contributed by atoms with Gasteiger partial charge in [0.1, 0.15) is 5.60 Å². The van der Waals surface area contributed by atoms with E-state index in [-0.39, 0.29) is 25.0 Å². The molecular weight excluding hydrogens is 236 g/mol. The molecule has 0 aliphatic carbocycles. The fraction of sp³-hybridized carbons (Fsp3) is 0.636. The van der Waals surface area contributed by atoms with E-state index in [1.807, 2.05) is 0 Å². The van der Waals surface area contributed by atoms with Crippen LogP contribution in [0.4, 0.5) is 4.79 Å². The monoisotopic (exact) mass is 252 g/mol. The zero-order valence-electron chi connectivity index (χ0n) is 10.6. The maximum atomic E-state index is 11.9. The number of nitrogens with zero attached hydrogens (tertiary/aromatic N) is 2. The Kier molecular flexibility index (Phi) is 2.84. The van der Waals surface area contributed by atoms with Gasteiger partial charge in [0.2, 0.25) is 11.9 Å². The average Bonchev–Trinajstić information content (AvgIpc) is 2.58. The van der Waals surface area contributed by atoms with E-state index in [1.165, 1.54) is 4.90 Å². The van der Waals surface area contributed by atoms with Gasteiger partial charge in [-0.25, -0.2) is 9.79 Å². The highest BCUT2D eigenvalue weighted by Crippen LogP contribution is 2.20. The lowest BCUT2D eigenvalue weighted by atomic mass is 10.1. The molecule has 0 aromatic carbocycles. The standard InChI is InChI=1S/C11H16N4O3/c1-11(2,3)18-10(17)15-4-6-7(5-15)13-9(12)14-8(6)16/h6H,4-5H2,1-3H3,(H2,12,14,16). The second-order valence-electron chi connectivity index (χ2n) is 5.35. The highest BCUT2D eigenvalue weighted by atomic mass is 16.6. The molecule has 0 saturated carbocycles. The van der Waals surface area contributed by atoms with Gasteiger partial charge in [-0.15, -0.1) is 0 Å². The molecule has 0 aromatic heterocycles. The van der Waals surface area contributed by atoms with Gasteiger partial charge < -0.3 is 9.64 Å². The summed E-state index contributed by atoms with van der Waals surface area (Å²) in [5.41, 5.74) is -0.0173. The molecule has 7 heteroatoms. The summed E-state index contributed by atoms with van der Waals surface area (Å²) < 4.78 is 5.24. The highest BCUT2D eigenvalue weighted by Gasteiger charge is 2.40. The topological polar surface area (TPSA) is 94.8 Å². The van der Waals surface area contributed by atoms with Crippen LogP contribution in [-0.2, 0) is 9.53 Å². The Balaban J connectivity index is 2.09. The van der Waals surface area contributed by atoms with Crippen LogP contribution in [0.5, 0.6) is 0 Å². The van der Waals surface area contributed by atoms with Crippen molar-refractivity contribution in [3.05, 3.63) is 0 Å². The number of rotatable bonds is 0. The second kappa shape index (κ2) is 4.08. The lowest BCUT2D eigenvalue weighted by molar-refractivity contribution is -0.121. The van der Waals surface area contributed by atoms with Crippen LogP contribution in [0.3, 0.4) is 0 Å². The maximum Gasteiger partial charge on any atom is 0.410 e. The first kappa shape index (κ1) is 12.5. The van der Waals surface area contributed by atoms with Crippen LogP contribution in [0, 0.1) is 11.3 Å². The number of carbonyl (C=O) groups excluding carboxylic acids is 2. The second-order valence-corrected chi connectivity index (χ2v) is 5.35. The molecule has 2 aliphatic heterocycles. The van der Waals surface area contributed by atoms with E-state index in [4.69, 9.17) is 10.1 Å². The molecule has 0 radical (unpaired) electrons. The van der Waals surface area contributed by atoms with E-state index in [1.54, 1.807) is 20.8 Å². The number of guanidine groups is 1. The largest absolute Gasteiger partial charge is 0.444 e. The van der Waals surface area contributed by atoms with Gasteiger partial charge in [-0.05, 0) is 20.8 Å². The Morgan fingerprint density at radius 1 is 1.56 bits per heavy atom. The Labute approximate surface area is 105 Å². The third kappa shape index (κ3) is 2.49.